The van der Waals surface area contributed by atoms with Gasteiger partial charge in [-0.25, -0.2) is 9.18 Å². The van der Waals surface area contributed by atoms with Gasteiger partial charge in [0.1, 0.15) is 25.4 Å². The van der Waals surface area contributed by atoms with Gasteiger partial charge in [-0.15, -0.1) is 0 Å². The van der Waals surface area contributed by atoms with E-state index in [1.165, 1.54) is 11.9 Å². The molecule has 3 atom stereocenters. The van der Waals surface area contributed by atoms with Gasteiger partial charge in [0.25, 0.3) is 0 Å². The fraction of sp³-hybridized carbons (Fsp3) is 0.577. The number of nitrogens with zero attached hydrogens (tertiary/aromatic N) is 2. The van der Waals surface area contributed by atoms with E-state index in [-0.39, 0.29) is 24.9 Å². The third-order valence-electron chi connectivity index (χ3n) is 6.38. The van der Waals surface area contributed by atoms with Crippen molar-refractivity contribution in [3.05, 3.63) is 34.9 Å². The molecule has 1 saturated heterocycles. The van der Waals surface area contributed by atoms with E-state index >= 15 is 0 Å². The van der Waals surface area contributed by atoms with Crippen molar-refractivity contribution >= 4 is 41.3 Å². The van der Waals surface area contributed by atoms with Crippen molar-refractivity contribution in [3.8, 4) is 0 Å². The van der Waals surface area contributed by atoms with Crippen molar-refractivity contribution in [2.75, 3.05) is 26.8 Å². The highest BCUT2D eigenvalue weighted by Gasteiger charge is 2.39. The lowest BCUT2D eigenvalue weighted by Gasteiger charge is -2.31. The molecule has 0 bridgehead atoms. The van der Waals surface area contributed by atoms with Gasteiger partial charge in [0.15, 0.2) is 11.7 Å². The summed E-state index contributed by atoms with van der Waals surface area (Å²) in [6.07, 6.45) is 0.794. The van der Waals surface area contributed by atoms with Crippen LogP contribution in [0.5, 0.6) is 0 Å². The van der Waals surface area contributed by atoms with E-state index < -0.39 is 48.5 Å². The third kappa shape index (κ3) is 10.0. The first-order valence-electron chi connectivity index (χ1n) is 12.9. The number of alkyl halides is 1. The fourth-order valence-corrected chi connectivity index (χ4v) is 4.30. The molecule has 0 spiro atoms. The molecule has 39 heavy (non-hydrogen) atoms. The molecule has 3 amide bonds. The average molecular weight is 569 g/mol. The summed E-state index contributed by atoms with van der Waals surface area (Å²) in [5, 5.41) is 8.62. The first kappa shape index (κ1) is 31.8. The molecule has 0 saturated carbocycles. The van der Waals surface area contributed by atoms with Crippen molar-refractivity contribution in [2.45, 2.75) is 64.3 Å². The maximum atomic E-state index is 13.4. The predicted molar refractivity (Wildman–Crippen MR) is 146 cm³/mol. The zero-order valence-corrected chi connectivity index (χ0v) is 23.3. The summed E-state index contributed by atoms with van der Waals surface area (Å²) in [6, 6.07) is 3.98. The number of likely N-dealkylation sites (tertiary alicyclic amines) is 1. The number of hydrogen-bond donors (Lipinski definition) is 4. The molecular formula is C26H38ClFN6O5. The molecule has 1 aromatic carbocycles. The Morgan fingerprint density at radius 2 is 1.90 bits per heavy atom. The number of amides is 3. The van der Waals surface area contributed by atoms with Gasteiger partial charge in [-0.05, 0) is 49.3 Å². The number of halogens is 2. The summed E-state index contributed by atoms with van der Waals surface area (Å²) >= 11 is 5.87. The molecule has 0 radical (unpaired) electrons. The molecule has 13 heteroatoms. The Labute approximate surface area is 233 Å². The Bertz CT molecular complexity index is 1020. The second-order valence-electron chi connectivity index (χ2n) is 9.60. The lowest BCUT2D eigenvalue weighted by Crippen LogP contribution is -2.56. The van der Waals surface area contributed by atoms with E-state index in [0.717, 1.165) is 5.56 Å². The summed E-state index contributed by atoms with van der Waals surface area (Å²) in [5.41, 5.74) is 6.30. The molecule has 1 fully saturated rings. The van der Waals surface area contributed by atoms with E-state index in [1.807, 2.05) is 0 Å². The standard InChI is InChI=1S/C26H38ClFN6O5/c1-16(2)22(33-26(38)39-15-17-8-10-18(27)11-9-17)24(37)34-13-5-7-20(34)23(36)32-19(21(35)14-28)6-4-12-31-25(29)30-3/h8-11,16,19-20,22H,4-7,12-15H2,1-3H3,(H,32,36)(H,33,38)(H3,29,30,31)/t19-,20-,22-/m0/s1. The van der Waals surface area contributed by atoms with E-state index in [9.17, 15) is 23.6 Å². The van der Waals surface area contributed by atoms with Crippen LogP contribution < -0.4 is 21.7 Å². The van der Waals surface area contributed by atoms with Crippen LogP contribution in [0.25, 0.3) is 0 Å². The van der Waals surface area contributed by atoms with Crippen molar-refractivity contribution in [1.29, 1.82) is 0 Å². The maximum absolute atomic E-state index is 13.4. The van der Waals surface area contributed by atoms with Gasteiger partial charge in [0.05, 0.1) is 6.04 Å². The number of alkyl carbamates (subject to hydrolysis) is 1. The first-order chi connectivity index (χ1) is 18.6. The Morgan fingerprint density at radius 1 is 1.21 bits per heavy atom. The second-order valence-corrected chi connectivity index (χ2v) is 10.0. The van der Waals surface area contributed by atoms with Crippen LogP contribution in [0.4, 0.5) is 9.18 Å². The number of Topliss-reactive ketones (excluding diaryl/α,β-unsaturated/α-hetero) is 1. The molecule has 11 nitrogen and oxygen atoms in total. The minimum Gasteiger partial charge on any atom is -0.445 e. The Morgan fingerprint density at radius 3 is 2.51 bits per heavy atom. The zero-order chi connectivity index (χ0) is 28.9. The van der Waals surface area contributed by atoms with Gasteiger partial charge in [-0.1, -0.05) is 37.6 Å². The summed E-state index contributed by atoms with van der Waals surface area (Å²) in [7, 11) is 1.52. The number of hydrogen-bond acceptors (Lipinski definition) is 6. The largest absolute Gasteiger partial charge is 0.445 e. The number of ether oxygens (including phenoxy) is 1. The van der Waals surface area contributed by atoms with Crippen molar-refractivity contribution in [1.82, 2.24) is 20.9 Å². The van der Waals surface area contributed by atoms with E-state index in [2.05, 4.69) is 20.9 Å². The number of nitrogens with two attached hydrogens (primary N) is 1. The number of ketones is 1. The van der Waals surface area contributed by atoms with Crippen LogP contribution in [0.15, 0.2) is 29.3 Å². The van der Waals surface area contributed by atoms with Gasteiger partial charge >= 0.3 is 6.09 Å². The summed E-state index contributed by atoms with van der Waals surface area (Å²) < 4.78 is 18.4. The Hall–Kier alpha value is -3.41. The van der Waals surface area contributed by atoms with Crippen LogP contribution in [-0.2, 0) is 25.7 Å². The number of rotatable bonds is 13. The molecular weight excluding hydrogens is 531 g/mol. The molecule has 5 N–H and O–H groups in total. The Balaban J connectivity index is 2.00. The van der Waals surface area contributed by atoms with E-state index in [4.69, 9.17) is 22.1 Å². The van der Waals surface area contributed by atoms with E-state index in [1.54, 1.807) is 38.1 Å². The number of benzene rings is 1. The van der Waals surface area contributed by atoms with Crippen LogP contribution in [0.1, 0.15) is 45.1 Å². The van der Waals surface area contributed by atoms with Gasteiger partial charge < -0.3 is 31.3 Å². The number of guanidine groups is 1. The molecule has 0 aliphatic carbocycles. The minimum absolute atomic E-state index is 0.00585. The topological polar surface area (TPSA) is 155 Å². The molecule has 2 rings (SSSR count). The third-order valence-corrected chi connectivity index (χ3v) is 6.63. The molecule has 216 valence electrons. The van der Waals surface area contributed by atoms with Gasteiger partial charge in [0.2, 0.25) is 11.8 Å². The lowest BCUT2D eigenvalue weighted by atomic mass is 10.0. The highest BCUT2D eigenvalue weighted by Crippen LogP contribution is 2.21. The predicted octanol–water partition coefficient (Wildman–Crippen LogP) is 1.92. The highest BCUT2D eigenvalue weighted by atomic mass is 35.5. The molecule has 1 aliphatic heterocycles. The summed E-state index contributed by atoms with van der Waals surface area (Å²) in [6.45, 7) is 3.01. The van der Waals surface area contributed by atoms with Crippen molar-refractivity contribution in [3.63, 3.8) is 0 Å². The normalized spacial score (nSPS) is 16.9. The summed E-state index contributed by atoms with van der Waals surface area (Å²) in [4.78, 5) is 56.3. The van der Waals surface area contributed by atoms with Crippen molar-refractivity contribution in [2.24, 2.45) is 16.6 Å². The van der Waals surface area contributed by atoms with Crippen LogP contribution in [-0.4, -0.2) is 79.5 Å². The SMILES string of the molecule is CN=C(N)NCCC[C@H](NC(=O)[C@@H]1CCCN1C(=O)[C@@H](NC(=O)OCc1ccc(Cl)cc1)C(C)C)C(=O)CF. The number of aliphatic imine (C=N–C) groups is 1. The molecule has 0 aromatic heterocycles. The van der Waals surface area contributed by atoms with Crippen LogP contribution >= 0.6 is 11.6 Å². The number of carbonyl (C=O) groups excluding carboxylic acids is 4. The summed E-state index contributed by atoms with van der Waals surface area (Å²) in [5.74, 6) is -1.78. The highest BCUT2D eigenvalue weighted by molar-refractivity contribution is 6.30. The van der Waals surface area contributed by atoms with Crippen LogP contribution in [0, 0.1) is 5.92 Å². The smallest absolute Gasteiger partial charge is 0.408 e. The average Bonchev–Trinajstić information content (AvgIpc) is 3.42. The molecule has 1 heterocycles. The molecule has 1 aliphatic rings. The monoisotopic (exact) mass is 568 g/mol. The van der Waals surface area contributed by atoms with Crippen molar-refractivity contribution < 1.29 is 28.3 Å². The maximum Gasteiger partial charge on any atom is 0.408 e. The Kier molecular flexibility index (Phi) is 12.9. The molecule has 0 unspecified atom stereocenters. The van der Waals surface area contributed by atoms with Gasteiger partial charge in [-0.2, -0.15) is 0 Å². The lowest BCUT2D eigenvalue weighted by molar-refractivity contribution is -0.141. The number of carbonyl (C=O) groups is 4. The minimum atomic E-state index is -1.22. The quantitative estimate of drug-likeness (QED) is 0.161. The zero-order valence-electron chi connectivity index (χ0n) is 22.5. The fourth-order valence-electron chi connectivity index (χ4n) is 4.17. The van der Waals surface area contributed by atoms with Gasteiger partial charge in [0, 0.05) is 25.2 Å². The second kappa shape index (κ2) is 15.9. The molecule has 1 aromatic rings. The van der Waals surface area contributed by atoms with Gasteiger partial charge in [-0.3, -0.25) is 19.4 Å². The van der Waals surface area contributed by atoms with E-state index in [0.29, 0.717) is 37.4 Å². The van der Waals surface area contributed by atoms with Crippen LogP contribution in [0.2, 0.25) is 5.02 Å². The first-order valence-corrected chi connectivity index (χ1v) is 13.3. The van der Waals surface area contributed by atoms with Crippen LogP contribution in [0.3, 0.4) is 0 Å². The number of nitrogens with one attached hydrogen (secondary N) is 3.